The molecule has 0 fully saturated rings. The van der Waals surface area contributed by atoms with Gasteiger partial charge in [-0.25, -0.2) is 0 Å². The van der Waals surface area contributed by atoms with Gasteiger partial charge in [-0.15, -0.1) is 11.3 Å². The Kier molecular flexibility index (Phi) is 3.52. The average Bonchev–Trinajstić information content (AvgIpc) is 3.21. The van der Waals surface area contributed by atoms with Crippen LogP contribution < -0.4 is 0 Å². The first-order valence-electron chi connectivity index (χ1n) is 10.6. The van der Waals surface area contributed by atoms with Crippen LogP contribution in [-0.2, 0) is 0 Å². The molecule has 1 heteroatoms. The van der Waals surface area contributed by atoms with E-state index < -0.39 is 0 Å². The maximum absolute atomic E-state index is 2.37. The van der Waals surface area contributed by atoms with Crippen molar-refractivity contribution in [3.63, 3.8) is 0 Å². The monoisotopic (exact) mass is 410 g/mol. The first-order valence-corrected chi connectivity index (χ1v) is 11.4. The molecule has 31 heavy (non-hydrogen) atoms. The summed E-state index contributed by atoms with van der Waals surface area (Å²) in [5.41, 5.74) is 2.58. The highest BCUT2D eigenvalue weighted by Gasteiger charge is 2.11. The predicted molar refractivity (Wildman–Crippen MR) is 137 cm³/mol. The minimum Gasteiger partial charge on any atom is -0.135 e. The summed E-state index contributed by atoms with van der Waals surface area (Å²) in [4.78, 5) is 0. The summed E-state index contributed by atoms with van der Waals surface area (Å²) in [5.74, 6) is 0. The molecule has 0 N–H and O–H groups in total. The van der Waals surface area contributed by atoms with Gasteiger partial charge in [-0.3, -0.25) is 0 Å². The van der Waals surface area contributed by atoms with E-state index in [9.17, 15) is 0 Å². The molecule has 1 aromatic heterocycles. The van der Waals surface area contributed by atoms with E-state index in [0.717, 1.165) is 0 Å². The standard InChI is InChI=1S/C30H18S/c1-2-7-21-19(6-1)12-14-26-23-10-5-9-22(25(23)16-15-24(21)26)20-13-17-30-28(18-20)27-8-3-4-11-29(27)31-30/h1-18H. The fourth-order valence-corrected chi connectivity index (χ4v) is 6.09. The van der Waals surface area contributed by atoms with Crippen molar-refractivity contribution in [3.8, 4) is 11.1 Å². The van der Waals surface area contributed by atoms with Crippen LogP contribution in [0.15, 0.2) is 109 Å². The SMILES string of the molecule is c1ccc2c(c1)ccc1c3cccc(-c4ccc5sc6ccccc6c5c4)c3ccc21. The van der Waals surface area contributed by atoms with Crippen molar-refractivity contribution < 1.29 is 0 Å². The summed E-state index contributed by atoms with van der Waals surface area (Å²) < 4.78 is 2.70. The maximum Gasteiger partial charge on any atom is 0.0355 e. The second-order valence-electron chi connectivity index (χ2n) is 8.16. The number of benzene rings is 6. The highest BCUT2D eigenvalue weighted by molar-refractivity contribution is 7.25. The van der Waals surface area contributed by atoms with Crippen LogP contribution in [0.4, 0.5) is 0 Å². The normalized spacial score (nSPS) is 11.9. The highest BCUT2D eigenvalue weighted by Crippen LogP contribution is 2.39. The molecule has 0 saturated carbocycles. The van der Waals surface area contributed by atoms with E-state index in [1.54, 1.807) is 0 Å². The molecule has 0 radical (unpaired) electrons. The van der Waals surface area contributed by atoms with Crippen LogP contribution in [0.1, 0.15) is 0 Å². The van der Waals surface area contributed by atoms with Gasteiger partial charge >= 0.3 is 0 Å². The molecule has 0 aliphatic carbocycles. The molecule has 0 saturated heterocycles. The third-order valence-corrected chi connectivity index (χ3v) is 7.62. The molecule has 0 unspecified atom stereocenters. The van der Waals surface area contributed by atoms with E-state index in [1.807, 2.05) is 11.3 Å². The van der Waals surface area contributed by atoms with Crippen molar-refractivity contribution in [2.75, 3.05) is 0 Å². The van der Waals surface area contributed by atoms with Gasteiger partial charge in [0.25, 0.3) is 0 Å². The van der Waals surface area contributed by atoms with Crippen LogP contribution in [0.2, 0.25) is 0 Å². The van der Waals surface area contributed by atoms with Gasteiger partial charge in [0.2, 0.25) is 0 Å². The van der Waals surface area contributed by atoms with Gasteiger partial charge < -0.3 is 0 Å². The average molecular weight is 411 g/mol. The third kappa shape index (κ3) is 2.47. The van der Waals surface area contributed by atoms with E-state index in [1.165, 1.54) is 63.6 Å². The molecule has 0 atom stereocenters. The second kappa shape index (κ2) is 6.41. The molecular formula is C30H18S. The van der Waals surface area contributed by atoms with Gasteiger partial charge in [0, 0.05) is 20.2 Å². The van der Waals surface area contributed by atoms with Crippen molar-refractivity contribution in [2.24, 2.45) is 0 Å². The molecule has 0 amide bonds. The number of hydrogen-bond donors (Lipinski definition) is 0. The lowest BCUT2D eigenvalue weighted by Gasteiger charge is -2.11. The Bertz CT molecular complexity index is 1790. The van der Waals surface area contributed by atoms with E-state index in [2.05, 4.69) is 109 Å². The fraction of sp³-hybridized carbons (Fsp3) is 0. The Labute approximate surface area is 184 Å². The molecule has 7 aromatic rings. The molecule has 0 bridgehead atoms. The number of hydrogen-bond acceptors (Lipinski definition) is 1. The van der Waals surface area contributed by atoms with Gasteiger partial charge in [0.15, 0.2) is 0 Å². The zero-order chi connectivity index (χ0) is 20.4. The molecule has 144 valence electrons. The molecule has 0 aliphatic heterocycles. The van der Waals surface area contributed by atoms with E-state index in [0.29, 0.717) is 0 Å². The van der Waals surface area contributed by atoms with Crippen LogP contribution in [0.25, 0.3) is 63.6 Å². The predicted octanol–water partition coefficient (Wildman–Crippen LogP) is 9.18. The molecule has 1 heterocycles. The van der Waals surface area contributed by atoms with E-state index >= 15 is 0 Å². The Morgan fingerprint density at radius 2 is 1.06 bits per heavy atom. The largest absolute Gasteiger partial charge is 0.135 e. The summed E-state index contributed by atoms with van der Waals surface area (Å²) in [6, 6.07) is 40.1. The topological polar surface area (TPSA) is 0 Å². The number of rotatable bonds is 1. The lowest BCUT2D eigenvalue weighted by atomic mass is 9.92. The van der Waals surface area contributed by atoms with Gasteiger partial charge in [-0.2, -0.15) is 0 Å². The first kappa shape index (κ1) is 17.0. The zero-order valence-corrected chi connectivity index (χ0v) is 17.6. The Hall–Kier alpha value is -3.68. The molecule has 0 aliphatic rings. The van der Waals surface area contributed by atoms with Crippen LogP contribution in [0.5, 0.6) is 0 Å². The minimum atomic E-state index is 1.28. The Morgan fingerprint density at radius 1 is 0.387 bits per heavy atom. The van der Waals surface area contributed by atoms with Gasteiger partial charge in [-0.05, 0) is 61.6 Å². The molecular weight excluding hydrogens is 392 g/mol. The highest BCUT2D eigenvalue weighted by atomic mass is 32.1. The van der Waals surface area contributed by atoms with Gasteiger partial charge in [0.05, 0.1) is 0 Å². The summed E-state index contributed by atoms with van der Waals surface area (Å²) in [5, 5.41) is 10.6. The fourth-order valence-electron chi connectivity index (χ4n) is 5.00. The van der Waals surface area contributed by atoms with Gasteiger partial charge in [0.1, 0.15) is 0 Å². The van der Waals surface area contributed by atoms with Gasteiger partial charge in [-0.1, -0.05) is 91.0 Å². The molecule has 0 nitrogen and oxygen atoms in total. The summed E-state index contributed by atoms with van der Waals surface area (Å²) >= 11 is 1.87. The molecule has 7 rings (SSSR count). The molecule has 0 spiro atoms. The lowest BCUT2D eigenvalue weighted by Crippen LogP contribution is -1.84. The van der Waals surface area contributed by atoms with Crippen molar-refractivity contribution in [1.82, 2.24) is 0 Å². The minimum absolute atomic E-state index is 1.28. The molecule has 6 aromatic carbocycles. The Balaban J connectivity index is 1.53. The smallest absolute Gasteiger partial charge is 0.0355 e. The van der Waals surface area contributed by atoms with Crippen molar-refractivity contribution >= 4 is 63.8 Å². The number of thiophene rings is 1. The van der Waals surface area contributed by atoms with E-state index in [4.69, 9.17) is 0 Å². The number of fused-ring (bicyclic) bond motifs is 8. The van der Waals surface area contributed by atoms with E-state index in [-0.39, 0.29) is 0 Å². The summed E-state index contributed by atoms with van der Waals surface area (Å²) in [7, 11) is 0. The quantitative estimate of drug-likeness (QED) is 0.237. The Morgan fingerprint density at radius 3 is 2.03 bits per heavy atom. The van der Waals surface area contributed by atoms with Crippen LogP contribution >= 0.6 is 11.3 Å². The van der Waals surface area contributed by atoms with Crippen molar-refractivity contribution in [2.45, 2.75) is 0 Å². The lowest BCUT2D eigenvalue weighted by molar-refractivity contribution is 1.71. The maximum atomic E-state index is 2.37. The van der Waals surface area contributed by atoms with Crippen LogP contribution in [0, 0.1) is 0 Å². The first-order chi connectivity index (χ1) is 15.4. The zero-order valence-electron chi connectivity index (χ0n) is 16.8. The third-order valence-electron chi connectivity index (χ3n) is 6.47. The summed E-state index contributed by atoms with van der Waals surface area (Å²) in [6.45, 7) is 0. The van der Waals surface area contributed by atoms with Crippen molar-refractivity contribution in [1.29, 1.82) is 0 Å². The second-order valence-corrected chi connectivity index (χ2v) is 9.24. The van der Waals surface area contributed by atoms with Crippen LogP contribution in [-0.4, -0.2) is 0 Å². The van der Waals surface area contributed by atoms with Crippen LogP contribution in [0.3, 0.4) is 0 Å². The summed E-state index contributed by atoms with van der Waals surface area (Å²) in [6.07, 6.45) is 0. The van der Waals surface area contributed by atoms with Crippen molar-refractivity contribution in [3.05, 3.63) is 109 Å².